The number of aromatic hydroxyl groups is 1. The van der Waals surface area contributed by atoms with E-state index < -0.39 is 0 Å². The van der Waals surface area contributed by atoms with Crippen molar-refractivity contribution in [2.24, 2.45) is 17.3 Å². The number of nitriles is 1. The number of allylic oxidation sites excluding steroid dienone is 1. The lowest BCUT2D eigenvalue weighted by Gasteiger charge is -2.33. The highest BCUT2D eigenvalue weighted by molar-refractivity contribution is 5.97. The molecule has 2 saturated heterocycles. The monoisotopic (exact) mass is 667 g/mol. The lowest BCUT2D eigenvalue weighted by Crippen LogP contribution is -2.45. The van der Waals surface area contributed by atoms with Gasteiger partial charge in [-0.2, -0.15) is 5.26 Å². The summed E-state index contributed by atoms with van der Waals surface area (Å²) in [6.07, 6.45) is 2.65. The number of hydrogen-bond donors (Lipinski definition) is 2. The molecule has 2 unspecified atom stereocenters. The Hall–Kier alpha value is -3.84. The van der Waals surface area contributed by atoms with E-state index in [1.807, 2.05) is 74.4 Å². The minimum Gasteiger partial charge on any atom is -0.507 e. The Balaban J connectivity index is 0.000000473. The molecule has 1 aromatic rings. The smallest absolute Gasteiger partial charge is 0.264 e. The summed E-state index contributed by atoms with van der Waals surface area (Å²) in [6.45, 7) is 27.6. The van der Waals surface area contributed by atoms with Gasteiger partial charge < -0.3 is 25.0 Å². The molecule has 0 saturated carbocycles. The summed E-state index contributed by atoms with van der Waals surface area (Å²) in [5.41, 5.74) is 3.55. The zero-order valence-electron chi connectivity index (χ0n) is 31.6. The largest absolute Gasteiger partial charge is 0.507 e. The fourth-order valence-corrected chi connectivity index (χ4v) is 5.77. The average Bonchev–Trinajstić information content (AvgIpc) is 3.42. The maximum Gasteiger partial charge on any atom is 0.264 e. The van der Waals surface area contributed by atoms with Gasteiger partial charge in [0, 0.05) is 69.4 Å². The van der Waals surface area contributed by atoms with Crippen LogP contribution in [0.5, 0.6) is 11.5 Å². The van der Waals surface area contributed by atoms with Gasteiger partial charge in [0.15, 0.2) is 0 Å². The Kier molecular flexibility index (Phi) is 17.4. The Bertz CT molecular complexity index is 1320. The minimum atomic E-state index is -0.141. The molecule has 3 atom stereocenters. The number of hydrogen-bond acceptors (Lipinski definition) is 7. The molecular weight excluding hydrogens is 606 g/mol. The third-order valence-electron chi connectivity index (χ3n) is 8.89. The molecule has 0 radical (unpaired) electrons. The number of benzene rings is 1. The van der Waals surface area contributed by atoms with E-state index in [-0.39, 0.29) is 34.5 Å². The Morgan fingerprint density at radius 3 is 2.10 bits per heavy atom. The van der Waals surface area contributed by atoms with Gasteiger partial charge in [-0.25, -0.2) is 0 Å². The first kappa shape index (κ1) is 42.2. The Morgan fingerprint density at radius 2 is 1.62 bits per heavy atom. The average molecular weight is 668 g/mol. The number of methoxy groups -OCH3 is 1. The van der Waals surface area contributed by atoms with Crippen LogP contribution in [0.25, 0.3) is 0 Å². The number of rotatable bonds is 6. The van der Waals surface area contributed by atoms with Gasteiger partial charge >= 0.3 is 0 Å². The van der Waals surface area contributed by atoms with E-state index in [1.165, 1.54) is 0 Å². The number of phenols is 1. The first-order chi connectivity index (χ1) is 22.7. The van der Waals surface area contributed by atoms with Gasteiger partial charge in [0.2, 0.25) is 12.3 Å². The number of amides is 3. The molecule has 4 rings (SSSR count). The molecule has 0 bridgehead atoms. The number of ether oxygens (including phenoxy) is 1. The zero-order valence-corrected chi connectivity index (χ0v) is 31.6. The molecule has 0 aromatic heterocycles. The van der Waals surface area contributed by atoms with E-state index in [0.29, 0.717) is 43.8 Å². The first-order valence-electron chi connectivity index (χ1n) is 17.4. The molecule has 268 valence electrons. The maximum absolute atomic E-state index is 12.2. The summed E-state index contributed by atoms with van der Waals surface area (Å²) >= 11 is 0. The van der Waals surface area contributed by atoms with Crippen LogP contribution in [-0.4, -0.2) is 91.0 Å². The predicted molar refractivity (Wildman–Crippen MR) is 192 cm³/mol. The second-order valence-electron chi connectivity index (χ2n) is 13.4. The van der Waals surface area contributed by atoms with Crippen molar-refractivity contribution in [3.05, 3.63) is 46.1 Å². The molecule has 3 aliphatic rings. The van der Waals surface area contributed by atoms with Crippen LogP contribution < -0.4 is 10.1 Å². The topological polar surface area (TPSA) is 126 Å². The highest BCUT2D eigenvalue weighted by Gasteiger charge is 2.31. The van der Waals surface area contributed by atoms with Gasteiger partial charge in [0.1, 0.15) is 23.1 Å². The number of carbonyl (C=O) groups excluding carboxylic acids is 3. The fourth-order valence-electron chi connectivity index (χ4n) is 5.77. The number of likely N-dealkylation sites (tertiary alicyclic amines) is 1. The molecule has 10 nitrogen and oxygen atoms in total. The lowest BCUT2D eigenvalue weighted by molar-refractivity contribution is -0.126. The normalized spacial score (nSPS) is 21.4. The molecule has 2 fully saturated rings. The van der Waals surface area contributed by atoms with Gasteiger partial charge in [-0.1, -0.05) is 74.0 Å². The fraction of sp³-hybridized carbons (Fsp3) is 0.632. The zero-order chi connectivity index (χ0) is 36.8. The number of nitrogens with one attached hydrogen (secondary N) is 1. The molecule has 3 aliphatic heterocycles. The quantitative estimate of drug-likeness (QED) is 0.221. The summed E-state index contributed by atoms with van der Waals surface area (Å²) in [6, 6.07) is 5.77. The van der Waals surface area contributed by atoms with Crippen LogP contribution in [-0.2, 0) is 20.9 Å². The van der Waals surface area contributed by atoms with Crippen LogP contribution in [0, 0.1) is 28.6 Å². The number of carbonyl (C=O) groups is 3. The second-order valence-corrected chi connectivity index (χ2v) is 13.4. The maximum atomic E-state index is 12.2. The Labute approximate surface area is 289 Å². The van der Waals surface area contributed by atoms with Crippen LogP contribution in [0.15, 0.2) is 34.9 Å². The Morgan fingerprint density at radius 1 is 1.06 bits per heavy atom. The summed E-state index contributed by atoms with van der Waals surface area (Å²) in [5.74, 6) is 1.76. The molecular formula is C38H61N5O5. The number of nitrogens with zero attached hydrogens (tertiary/aromatic N) is 4. The van der Waals surface area contributed by atoms with Crippen LogP contribution in [0.3, 0.4) is 0 Å². The SMILES string of the molecule is CC.CC.CC1CN(C(=O)/C(C#N)=C/C(C)(C)C)C[C@@H]1C.COc1cc(C2CNC(=O)C(C)=C2C)cc(O)c1CN1CCN(C=O)CC1. The van der Waals surface area contributed by atoms with Crippen LogP contribution in [0.4, 0.5) is 0 Å². The number of phenolic OH excluding ortho intramolecular Hbond substituents is 1. The highest BCUT2D eigenvalue weighted by atomic mass is 16.5. The first-order valence-corrected chi connectivity index (χ1v) is 17.4. The molecule has 3 amide bonds. The molecule has 48 heavy (non-hydrogen) atoms. The van der Waals surface area contributed by atoms with Crippen molar-refractivity contribution in [1.29, 1.82) is 5.26 Å². The third kappa shape index (κ3) is 11.7. The third-order valence-corrected chi connectivity index (χ3v) is 8.89. The summed E-state index contributed by atoms with van der Waals surface area (Å²) in [4.78, 5) is 40.6. The highest BCUT2D eigenvalue weighted by Crippen LogP contribution is 2.37. The molecule has 0 spiro atoms. The standard InChI is InChI=1S/C20H27N3O4.C14H22N2O.2C2H6/c1-13-14(2)20(26)21-10-16(13)15-8-18(25)17(19(9-15)27-3)11-22-4-6-23(12-24)7-5-22;1-10-8-16(9-11(10)2)13(17)12(7-15)6-14(3,4)5;2*1-2/h8-9,12,16,25H,4-7,10-11H2,1-3H3,(H,21,26);6,10-11H,8-9H2,1-5H3;2*1-2H3/b;12-6+;;/t;10-,11?;;/m.0../s1. The molecule has 10 heteroatoms. The van der Waals surface area contributed by atoms with Gasteiger partial charge in [0.05, 0.1) is 7.11 Å². The van der Waals surface area contributed by atoms with Crippen molar-refractivity contribution in [3.63, 3.8) is 0 Å². The van der Waals surface area contributed by atoms with Gasteiger partial charge in [-0.15, -0.1) is 0 Å². The van der Waals surface area contributed by atoms with Crippen LogP contribution in [0.2, 0.25) is 0 Å². The minimum absolute atomic E-state index is 0.0210. The van der Waals surface area contributed by atoms with Crippen molar-refractivity contribution >= 4 is 18.2 Å². The van der Waals surface area contributed by atoms with E-state index in [2.05, 4.69) is 24.1 Å². The van der Waals surface area contributed by atoms with Gasteiger partial charge in [0.25, 0.3) is 5.91 Å². The molecule has 2 N–H and O–H groups in total. The van der Waals surface area contributed by atoms with Crippen LogP contribution in [0.1, 0.15) is 93.2 Å². The van der Waals surface area contributed by atoms with Gasteiger partial charge in [-0.05, 0) is 48.8 Å². The van der Waals surface area contributed by atoms with Crippen molar-refractivity contribution in [2.45, 2.75) is 88.6 Å². The summed E-state index contributed by atoms with van der Waals surface area (Å²) < 4.78 is 5.57. The molecule has 3 heterocycles. The van der Waals surface area contributed by atoms with Gasteiger partial charge in [-0.3, -0.25) is 19.3 Å². The van der Waals surface area contributed by atoms with E-state index in [4.69, 9.17) is 10.00 Å². The van der Waals surface area contributed by atoms with E-state index in [1.54, 1.807) is 29.1 Å². The van der Waals surface area contributed by atoms with Crippen molar-refractivity contribution in [3.8, 4) is 17.6 Å². The van der Waals surface area contributed by atoms with Crippen molar-refractivity contribution in [2.75, 3.05) is 52.9 Å². The van der Waals surface area contributed by atoms with Crippen LogP contribution >= 0.6 is 0 Å². The predicted octanol–water partition coefficient (Wildman–Crippen LogP) is 5.87. The van der Waals surface area contributed by atoms with E-state index in [9.17, 15) is 19.5 Å². The summed E-state index contributed by atoms with van der Waals surface area (Å²) in [5, 5.41) is 22.7. The molecule has 0 aliphatic carbocycles. The summed E-state index contributed by atoms with van der Waals surface area (Å²) in [7, 11) is 1.60. The van der Waals surface area contributed by atoms with E-state index in [0.717, 1.165) is 54.9 Å². The molecule has 1 aromatic carbocycles. The number of piperazine rings is 1. The van der Waals surface area contributed by atoms with Crippen molar-refractivity contribution < 1.29 is 24.2 Å². The van der Waals surface area contributed by atoms with E-state index >= 15 is 0 Å². The lowest BCUT2D eigenvalue weighted by atomic mass is 9.85. The second kappa shape index (κ2) is 19.9. The van der Waals surface area contributed by atoms with Crippen molar-refractivity contribution in [1.82, 2.24) is 20.0 Å².